The molecule has 1 heterocycles. The van der Waals surface area contributed by atoms with Gasteiger partial charge in [-0.05, 0) is 30.5 Å². The van der Waals surface area contributed by atoms with E-state index in [9.17, 15) is 0 Å². The molecular weight excluding hydrogens is 238 g/mol. The van der Waals surface area contributed by atoms with Crippen molar-refractivity contribution in [3.8, 4) is 0 Å². The maximum Gasteiger partial charge on any atom is 0.100 e. The largest absolute Gasteiger partial charge is 0.376 e. The fraction of sp³-hybridized carbons (Fsp3) is 0.625. The summed E-state index contributed by atoms with van der Waals surface area (Å²) < 4.78 is 11.3. The molecule has 0 bridgehead atoms. The van der Waals surface area contributed by atoms with Crippen LogP contribution in [0.25, 0.3) is 0 Å². The zero-order valence-corrected chi connectivity index (χ0v) is 12.2. The van der Waals surface area contributed by atoms with Gasteiger partial charge >= 0.3 is 0 Å². The Morgan fingerprint density at radius 3 is 2.47 bits per heavy atom. The summed E-state index contributed by atoms with van der Waals surface area (Å²) >= 11 is 0. The standard InChI is InChI=1S/C16H25NO2/c1-12(2)10-13-4-6-14(7-5-13)16(17-3)15-11-18-8-9-19-15/h4-7,12,15-17H,8-11H2,1-3H3. The predicted molar refractivity (Wildman–Crippen MR) is 77.3 cm³/mol. The van der Waals surface area contributed by atoms with Crippen LogP contribution in [0.4, 0.5) is 0 Å². The van der Waals surface area contributed by atoms with Gasteiger partial charge in [0.05, 0.1) is 25.9 Å². The van der Waals surface area contributed by atoms with Crippen LogP contribution in [0.5, 0.6) is 0 Å². The van der Waals surface area contributed by atoms with Crippen molar-refractivity contribution in [2.45, 2.75) is 32.4 Å². The molecule has 1 aliphatic heterocycles. The Hall–Kier alpha value is -0.900. The molecule has 1 N–H and O–H groups in total. The Kier molecular flexibility index (Phi) is 5.37. The minimum Gasteiger partial charge on any atom is -0.376 e. The van der Waals surface area contributed by atoms with E-state index in [-0.39, 0.29) is 12.1 Å². The Bertz CT molecular complexity index is 369. The molecule has 106 valence electrons. The van der Waals surface area contributed by atoms with Gasteiger partial charge in [-0.25, -0.2) is 0 Å². The monoisotopic (exact) mass is 263 g/mol. The molecule has 3 nitrogen and oxygen atoms in total. The van der Waals surface area contributed by atoms with Crippen molar-refractivity contribution in [2.24, 2.45) is 5.92 Å². The molecule has 1 saturated heterocycles. The lowest BCUT2D eigenvalue weighted by molar-refractivity contribution is -0.101. The van der Waals surface area contributed by atoms with E-state index in [0.717, 1.165) is 6.42 Å². The summed E-state index contributed by atoms with van der Waals surface area (Å²) in [4.78, 5) is 0. The highest BCUT2D eigenvalue weighted by molar-refractivity contribution is 5.26. The molecule has 19 heavy (non-hydrogen) atoms. The van der Waals surface area contributed by atoms with Crippen molar-refractivity contribution in [2.75, 3.05) is 26.9 Å². The lowest BCUT2D eigenvalue weighted by Gasteiger charge is -2.30. The second kappa shape index (κ2) is 7.04. The maximum absolute atomic E-state index is 5.79. The van der Waals surface area contributed by atoms with E-state index in [2.05, 4.69) is 43.4 Å². The van der Waals surface area contributed by atoms with E-state index < -0.39 is 0 Å². The SMILES string of the molecule is CNC(c1ccc(CC(C)C)cc1)C1COCCO1. The van der Waals surface area contributed by atoms with Gasteiger partial charge in [-0.15, -0.1) is 0 Å². The van der Waals surface area contributed by atoms with Crippen LogP contribution in [0.1, 0.15) is 31.0 Å². The molecule has 0 aliphatic carbocycles. The smallest absolute Gasteiger partial charge is 0.100 e. The van der Waals surface area contributed by atoms with Crippen LogP contribution in [0.3, 0.4) is 0 Å². The summed E-state index contributed by atoms with van der Waals surface area (Å²) in [5.74, 6) is 0.695. The van der Waals surface area contributed by atoms with Crippen LogP contribution in [-0.4, -0.2) is 33.0 Å². The van der Waals surface area contributed by atoms with Crippen molar-refractivity contribution in [3.63, 3.8) is 0 Å². The van der Waals surface area contributed by atoms with Gasteiger partial charge in [0.1, 0.15) is 6.10 Å². The predicted octanol–water partition coefficient (Wildman–Crippen LogP) is 2.56. The number of hydrogen-bond acceptors (Lipinski definition) is 3. The molecule has 1 fully saturated rings. The van der Waals surface area contributed by atoms with Crippen molar-refractivity contribution < 1.29 is 9.47 Å². The molecule has 0 spiro atoms. The number of likely N-dealkylation sites (N-methyl/N-ethyl adjacent to an activating group) is 1. The summed E-state index contributed by atoms with van der Waals surface area (Å²) in [5, 5.41) is 3.34. The Morgan fingerprint density at radius 2 is 1.95 bits per heavy atom. The average Bonchev–Trinajstić information content (AvgIpc) is 2.42. The molecule has 0 amide bonds. The zero-order chi connectivity index (χ0) is 13.7. The first kappa shape index (κ1) is 14.5. The first-order valence-corrected chi connectivity index (χ1v) is 7.16. The van der Waals surface area contributed by atoms with E-state index in [4.69, 9.17) is 9.47 Å². The molecule has 0 saturated carbocycles. The Morgan fingerprint density at radius 1 is 1.21 bits per heavy atom. The summed E-state index contributed by atoms with van der Waals surface area (Å²) in [6.07, 6.45) is 1.24. The fourth-order valence-electron chi connectivity index (χ4n) is 2.60. The third-order valence-electron chi connectivity index (χ3n) is 3.51. The van der Waals surface area contributed by atoms with E-state index in [1.54, 1.807) is 0 Å². The van der Waals surface area contributed by atoms with Gasteiger partial charge in [0.25, 0.3) is 0 Å². The second-order valence-corrected chi connectivity index (χ2v) is 5.59. The molecule has 1 aromatic carbocycles. The molecule has 0 radical (unpaired) electrons. The lowest BCUT2D eigenvalue weighted by Crippen LogP contribution is -2.39. The van der Waals surface area contributed by atoms with Crippen LogP contribution >= 0.6 is 0 Å². The highest BCUT2D eigenvalue weighted by atomic mass is 16.6. The quantitative estimate of drug-likeness (QED) is 0.885. The van der Waals surface area contributed by atoms with Gasteiger partial charge < -0.3 is 14.8 Å². The topological polar surface area (TPSA) is 30.5 Å². The van der Waals surface area contributed by atoms with Crippen LogP contribution in [-0.2, 0) is 15.9 Å². The van der Waals surface area contributed by atoms with Gasteiger partial charge in [0.2, 0.25) is 0 Å². The summed E-state index contributed by atoms with van der Waals surface area (Å²) in [6, 6.07) is 9.06. The zero-order valence-electron chi connectivity index (χ0n) is 12.2. The number of nitrogens with one attached hydrogen (secondary N) is 1. The van der Waals surface area contributed by atoms with Crippen molar-refractivity contribution >= 4 is 0 Å². The molecule has 2 rings (SSSR count). The van der Waals surface area contributed by atoms with Crippen LogP contribution in [0.15, 0.2) is 24.3 Å². The third kappa shape index (κ3) is 4.03. The van der Waals surface area contributed by atoms with Gasteiger partial charge in [-0.2, -0.15) is 0 Å². The number of hydrogen-bond donors (Lipinski definition) is 1. The van der Waals surface area contributed by atoms with E-state index in [1.807, 2.05) is 7.05 Å². The molecular formula is C16H25NO2. The van der Waals surface area contributed by atoms with E-state index in [1.165, 1.54) is 11.1 Å². The summed E-state index contributed by atoms with van der Waals surface area (Å²) in [6.45, 7) is 6.56. The third-order valence-corrected chi connectivity index (χ3v) is 3.51. The molecule has 2 unspecified atom stereocenters. The van der Waals surface area contributed by atoms with Crippen LogP contribution < -0.4 is 5.32 Å². The van der Waals surface area contributed by atoms with E-state index >= 15 is 0 Å². The number of benzene rings is 1. The maximum atomic E-state index is 5.79. The first-order valence-electron chi connectivity index (χ1n) is 7.16. The highest BCUT2D eigenvalue weighted by Crippen LogP contribution is 2.22. The lowest BCUT2D eigenvalue weighted by atomic mass is 9.97. The minimum atomic E-state index is 0.106. The molecule has 0 aromatic heterocycles. The molecule has 1 aromatic rings. The Labute approximate surface area is 116 Å². The Balaban J connectivity index is 2.05. The highest BCUT2D eigenvalue weighted by Gasteiger charge is 2.25. The summed E-state index contributed by atoms with van der Waals surface area (Å²) in [5.41, 5.74) is 2.67. The van der Waals surface area contributed by atoms with Gasteiger partial charge in [-0.3, -0.25) is 0 Å². The van der Waals surface area contributed by atoms with Gasteiger partial charge in [-0.1, -0.05) is 38.1 Å². The normalized spacial score (nSPS) is 21.6. The van der Waals surface area contributed by atoms with Gasteiger partial charge in [0.15, 0.2) is 0 Å². The van der Waals surface area contributed by atoms with Crippen LogP contribution in [0, 0.1) is 5.92 Å². The minimum absolute atomic E-state index is 0.106. The number of rotatable bonds is 5. The first-order chi connectivity index (χ1) is 9.20. The van der Waals surface area contributed by atoms with E-state index in [0.29, 0.717) is 25.7 Å². The second-order valence-electron chi connectivity index (χ2n) is 5.59. The van der Waals surface area contributed by atoms with Crippen molar-refractivity contribution in [1.82, 2.24) is 5.32 Å². The molecule has 1 aliphatic rings. The molecule has 3 heteroatoms. The average molecular weight is 263 g/mol. The van der Waals surface area contributed by atoms with Crippen molar-refractivity contribution in [1.29, 1.82) is 0 Å². The van der Waals surface area contributed by atoms with Gasteiger partial charge in [0, 0.05) is 0 Å². The van der Waals surface area contributed by atoms with Crippen LogP contribution in [0.2, 0.25) is 0 Å². The number of ether oxygens (including phenoxy) is 2. The molecule has 2 atom stereocenters. The fourth-order valence-corrected chi connectivity index (χ4v) is 2.60. The summed E-state index contributed by atoms with van der Waals surface area (Å²) in [7, 11) is 1.98. The van der Waals surface area contributed by atoms with Crippen molar-refractivity contribution in [3.05, 3.63) is 35.4 Å².